The van der Waals surface area contributed by atoms with Crippen molar-refractivity contribution >= 4 is 28.4 Å². The van der Waals surface area contributed by atoms with Crippen LogP contribution in [0.5, 0.6) is 5.75 Å². The van der Waals surface area contributed by atoms with E-state index in [1.165, 1.54) is 0 Å². The van der Waals surface area contributed by atoms with E-state index in [4.69, 9.17) is 15.6 Å². The highest BCUT2D eigenvalue weighted by molar-refractivity contribution is 5.97. The number of carboxylic acid groups (broad SMARTS) is 1. The molecule has 0 atom stereocenters. The molecule has 1 heterocycles. The lowest BCUT2D eigenvalue weighted by molar-refractivity contribution is 0.195. The number of nitrogens with one attached hydrogen (secondary N) is 2. The van der Waals surface area contributed by atoms with E-state index in [2.05, 4.69) is 15.6 Å². The van der Waals surface area contributed by atoms with Crippen LogP contribution < -0.4 is 21.1 Å². The molecular weight excluding hydrogens is 332 g/mol. The van der Waals surface area contributed by atoms with Crippen LogP contribution in [0, 0.1) is 0 Å². The Hall–Kier alpha value is -3.48. The van der Waals surface area contributed by atoms with Gasteiger partial charge in [-0.1, -0.05) is 30.3 Å². The zero-order valence-electron chi connectivity index (χ0n) is 14.1. The van der Waals surface area contributed by atoms with Crippen LogP contribution in [0.1, 0.15) is 5.56 Å². The zero-order chi connectivity index (χ0) is 18.4. The Morgan fingerprint density at radius 2 is 1.96 bits per heavy atom. The van der Waals surface area contributed by atoms with Crippen LogP contribution in [0.4, 0.5) is 16.2 Å². The number of hydrogen-bond donors (Lipinski definition) is 4. The molecule has 7 nitrogen and oxygen atoms in total. The van der Waals surface area contributed by atoms with Crippen LogP contribution in [0.3, 0.4) is 0 Å². The van der Waals surface area contributed by atoms with Crippen molar-refractivity contribution in [3.63, 3.8) is 0 Å². The quantitative estimate of drug-likeness (QED) is 0.487. The highest BCUT2D eigenvalue weighted by atomic mass is 16.5. The second-order valence-electron chi connectivity index (χ2n) is 5.70. The summed E-state index contributed by atoms with van der Waals surface area (Å²) in [5.74, 6) is 0.720. The Morgan fingerprint density at radius 1 is 1.15 bits per heavy atom. The molecule has 0 spiro atoms. The highest BCUT2D eigenvalue weighted by Crippen LogP contribution is 2.30. The molecule has 0 aliphatic heterocycles. The maximum Gasteiger partial charge on any atom is 0.404 e. The molecule has 1 amide bonds. The van der Waals surface area contributed by atoms with Gasteiger partial charge in [-0.15, -0.1) is 0 Å². The van der Waals surface area contributed by atoms with Crippen molar-refractivity contribution in [2.24, 2.45) is 0 Å². The minimum atomic E-state index is -1.06. The minimum absolute atomic E-state index is 0.275. The number of fused-ring (bicyclic) bond motifs is 1. The summed E-state index contributed by atoms with van der Waals surface area (Å²) in [7, 11) is 0. The van der Waals surface area contributed by atoms with Crippen LogP contribution in [0.2, 0.25) is 0 Å². The lowest BCUT2D eigenvalue weighted by Crippen LogP contribution is -2.27. The lowest BCUT2D eigenvalue weighted by Gasteiger charge is -2.13. The van der Waals surface area contributed by atoms with Gasteiger partial charge in [-0.3, -0.25) is 4.98 Å². The number of nitrogens with two attached hydrogens (primary N) is 1. The van der Waals surface area contributed by atoms with Crippen LogP contribution in [-0.4, -0.2) is 29.3 Å². The number of benzene rings is 2. The van der Waals surface area contributed by atoms with Crippen molar-refractivity contribution in [2.45, 2.75) is 6.61 Å². The van der Waals surface area contributed by atoms with E-state index < -0.39 is 6.09 Å². The van der Waals surface area contributed by atoms with Gasteiger partial charge in [0, 0.05) is 24.5 Å². The molecule has 5 N–H and O–H groups in total. The van der Waals surface area contributed by atoms with E-state index in [-0.39, 0.29) is 6.54 Å². The van der Waals surface area contributed by atoms with Gasteiger partial charge in [-0.2, -0.15) is 0 Å². The summed E-state index contributed by atoms with van der Waals surface area (Å²) in [6.07, 6.45) is 0.524. The molecule has 0 bridgehead atoms. The number of rotatable bonds is 7. The number of carbonyl (C=O) groups is 1. The molecule has 0 aliphatic rings. The third kappa shape index (κ3) is 4.32. The second kappa shape index (κ2) is 8.06. The van der Waals surface area contributed by atoms with Gasteiger partial charge >= 0.3 is 6.09 Å². The third-order valence-electron chi connectivity index (χ3n) is 3.82. The molecule has 3 aromatic rings. The summed E-state index contributed by atoms with van der Waals surface area (Å²) in [6.45, 7) is 1.17. The number of nitrogens with zero attached hydrogens (tertiary/aromatic N) is 1. The molecule has 134 valence electrons. The predicted molar refractivity (Wildman–Crippen MR) is 101 cm³/mol. The third-order valence-corrected chi connectivity index (χ3v) is 3.82. The molecule has 0 saturated heterocycles. The van der Waals surface area contributed by atoms with Crippen molar-refractivity contribution < 1.29 is 14.6 Å². The first-order chi connectivity index (χ1) is 12.6. The predicted octanol–water partition coefficient (Wildman–Crippen LogP) is 3.08. The van der Waals surface area contributed by atoms with Crippen LogP contribution in [0.25, 0.3) is 10.9 Å². The summed E-state index contributed by atoms with van der Waals surface area (Å²) in [5, 5.41) is 14.9. The number of anilines is 2. The fraction of sp³-hybridized carbons (Fsp3) is 0.158. The number of nitrogen functional groups attached to an aromatic ring is 1. The largest absolute Gasteiger partial charge is 0.489 e. The van der Waals surface area contributed by atoms with Gasteiger partial charge in [-0.25, -0.2) is 4.79 Å². The van der Waals surface area contributed by atoms with Gasteiger partial charge in [0.15, 0.2) is 0 Å². The van der Waals surface area contributed by atoms with Gasteiger partial charge in [0.25, 0.3) is 0 Å². The summed E-state index contributed by atoms with van der Waals surface area (Å²) in [6, 6.07) is 15.5. The summed E-state index contributed by atoms with van der Waals surface area (Å²) < 4.78 is 5.83. The smallest absolute Gasteiger partial charge is 0.404 e. The first kappa shape index (κ1) is 17.3. The number of amides is 1. The first-order valence-corrected chi connectivity index (χ1v) is 8.19. The molecule has 26 heavy (non-hydrogen) atoms. The van der Waals surface area contributed by atoms with Gasteiger partial charge in [0.1, 0.15) is 12.4 Å². The van der Waals surface area contributed by atoms with Gasteiger partial charge in [0.05, 0.1) is 23.1 Å². The molecule has 0 unspecified atom stereocenters. The molecule has 0 radical (unpaired) electrons. The number of hydrogen-bond acceptors (Lipinski definition) is 5. The average Bonchev–Trinajstić information content (AvgIpc) is 2.65. The van der Waals surface area contributed by atoms with Gasteiger partial charge in [0.2, 0.25) is 0 Å². The number of ether oxygens (including phenoxy) is 1. The Balaban J connectivity index is 1.73. The Bertz CT molecular complexity index is 900. The standard InChI is InChI=1S/C19H20N4O3/c20-16-11-23-17-10-14(26-12-13-4-2-1-3-5-13)6-7-15(17)18(16)21-8-9-22-19(24)25/h1-7,10-11,22H,8-9,12,20H2,(H,21,23)(H,24,25). The summed E-state index contributed by atoms with van der Waals surface area (Å²) in [5.41, 5.74) is 9.08. The second-order valence-corrected chi connectivity index (χ2v) is 5.70. The highest BCUT2D eigenvalue weighted by Gasteiger charge is 2.08. The van der Waals surface area contributed by atoms with Crippen LogP contribution >= 0.6 is 0 Å². The van der Waals surface area contributed by atoms with E-state index in [1.54, 1.807) is 6.20 Å². The van der Waals surface area contributed by atoms with E-state index >= 15 is 0 Å². The average molecular weight is 352 g/mol. The van der Waals surface area contributed by atoms with Crippen LogP contribution in [0.15, 0.2) is 54.7 Å². The van der Waals surface area contributed by atoms with E-state index in [0.29, 0.717) is 18.8 Å². The van der Waals surface area contributed by atoms with Crippen molar-refractivity contribution in [2.75, 3.05) is 24.1 Å². The molecule has 0 fully saturated rings. The maximum absolute atomic E-state index is 10.5. The molecular formula is C19H20N4O3. The maximum atomic E-state index is 10.5. The van der Waals surface area contributed by atoms with Crippen molar-refractivity contribution in [3.8, 4) is 5.75 Å². The first-order valence-electron chi connectivity index (χ1n) is 8.19. The van der Waals surface area contributed by atoms with E-state index in [9.17, 15) is 4.79 Å². The SMILES string of the molecule is Nc1cnc2cc(OCc3ccccc3)ccc2c1NCCNC(=O)O. The van der Waals surface area contributed by atoms with Crippen molar-refractivity contribution in [1.29, 1.82) is 0 Å². The van der Waals surface area contributed by atoms with Crippen LogP contribution in [-0.2, 0) is 6.61 Å². The molecule has 0 aliphatic carbocycles. The fourth-order valence-corrected chi connectivity index (χ4v) is 2.57. The molecule has 0 saturated carbocycles. The van der Waals surface area contributed by atoms with Crippen molar-refractivity contribution in [3.05, 3.63) is 60.3 Å². The number of pyridine rings is 1. The van der Waals surface area contributed by atoms with Crippen molar-refractivity contribution in [1.82, 2.24) is 10.3 Å². The van der Waals surface area contributed by atoms with E-state index in [1.807, 2.05) is 48.5 Å². The normalized spacial score (nSPS) is 10.5. The molecule has 1 aromatic heterocycles. The lowest BCUT2D eigenvalue weighted by atomic mass is 10.1. The topological polar surface area (TPSA) is 110 Å². The monoisotopic (exact) mass is 352 g/mol. The zero-order valence-corrected chi connectivity index (χ0v) is 14.1. The fourth-order valence-electron chi connectivity index (χ4n) is 2.57. The number of aromatic nitrogens is 1. The van der Waals surface area contributed by atoms with Gasteiger partial charge < -0.3 is 26.2 Å². The molecule has 7 heteroatoms. The summed E-state index contributed by atoms with van der Waals surface area (Å²) >= 11 is 0. The molecule has 2 aromatic carbocycles. The van der Waals surface area contributed by atoms with Gasteiger partial charge in [-0.05, 0) is 17.7 Å². The van der Waals surface area contributed by atoms with E-state index in [0.717, 1.165) is 27.9 Å². The Labute approximate surface area is 150 Å². The Morgan fingerprint density at radius 3 is 2.73 bits per heavy atom. The Kier molecular flexibility index (Phi) is 5.38. The summed E-state index contributed by atoms with van der Waals surface area (Å²) in [4.78, 5) is 14.9. The minimum Gasteiger partial charge on any atom is -0.489 e. The molecule has 3 rings (SSSR count).